The normalized spacial score (nSPS) is 11.8. The van der Waals surface area contributed by atoms with Gasteiger partial charge in [0.2, 0.25) is 0 Å². The number of nitrogens with zero attached hydrogens (tertiary/aromatic N) is 1. The van der Waals surface area contributed by atoms with E-state index in [9.17, 15) is 9.59 Å². The van der Waals surface area contributed by atoms with Gasteiger partial charge in [-0.1, -0.05) is 23.7 Å². The number of rotatable bonds is 6. The quantitative estimate of drug-likeness (QED) is 0.608. The van der Waals surface area contributed by atoms with Gasteiger partial charge in [0, 0.05) is 17.6 Å². The summed E-state index contributed by atoms with van der Waals surface area (Å²) in [7, 11) is 5.49. The molecule has 0 radical (unpaired) electrons. The number of fused-ring (bicyclic) bond motifs is 1. The Morgan fingerprint density at radius 2 is 1.87 bits per heavy atom. The number of nitrogens with one attached hydrogen (secondary N) is 1. The van der Waals surface area contributed by atoms with Gasteiger partial charge in [-0.05, 0) is 56.4 Å². The Hall–Kier alpha value is -2.54. The van der Waals surface area contributed by atoms with Crippen LogP contribution in [0.1, 0.15) is 27.7 Å². The second kappa shape index (κ2) is 9.98. The van der Waals surface area contributed by atoms with Crippen LogP contribution in [0.5, 0.6) is 5.75 Å². The van der Waals surface area contributed by atoms with E-state index in [-0.39, 0.29) is 29.6 Å². The summed E-state index contributed by atoms with van der Waals surface area (Å²) in [5.41, 5.74) is 1.83. The number of benzene rings is 2. The van der Waals surface area contributed by atoms with Crippen LogP contribution in [0.2, 0.25) is 5.02 Å². The Balaban J connectivity index is 0.00000320. The minimum atomic E-state index is -0.447. The molecule has 30 heavy (non-hydrogen) atoms. The molecule has 1 amide bonds. The summed E-state index contributed by atoms with van der Waals surface area (Å²) in [6.07, 6.45) is 0. The molecule has 0 saturated carbocycles. The van der Waals surface area contributed by atoms with E-state index in [1.807, 2.05) is 50.2 Å². The van der Waals surface area contributed by atoms with Crippen molar-refractivity contribution in [2.75, 3.05) is 27.7 Å². The van der Waals surface area contributed by atoms with Gasteiger partial charge in [0.1, 0.15) is 11.3 Å². The van der Waals surface area contributed by atoms with Crippen LogP contribution < -0.4 is 15.5 Å². The van der Waals surface area contributed by atoms with Crippen molar-refractivity contribution >= 4 is 40.9 Å². The van der Waals surface area contributed by atoms with Crippen molar-refractivity contribution in [2.24, 2.45) is 0 Å². The van der Waals surface area contributed by atoms with Gasteiger partial charge in [-0.3, -0.25) is 9.59 Å². The standard InChI is InChI=1S/C22H23ClN2O4.ClH/c1-13-9-20-16(10-17(13)23)19(26)11-21(29-20)22(27)24-12-18(25(2)3)14-5-7-15(28-4)8-6-14;/h5-11,18H,12H2,1-4H3,(H,24,27);1H. The van der Waals surface area contributed by atoms with E-state index >= 15 is 0 Å². The third kappa shape index (κ3) is 5.14. The molecule has 0 bridgehead atoms. The summed E-state index contributed by atoms with van der Waals surface area (Å²) in [6, 6.07) is 12.0. The lowest BCUT2D eigenvalue weighted by atomic mass is 10.1. The molecule has 1 unspecified atom stereocenters. The molecule has 1 aromatic heterocycles. The van der Waals surface area contributed by atoms with E-state index in [2.05, 4.69) is 5.32 Å². The highest BCUT2D eigenvalue weighted by Crippen LogP contribution is 2.23. The average Bonchev–Trinajstić information content (AvgIpc) is 2.69. The van der Waals surface area contributed by atoms with Gasteiger partial charge in [-0.15, -0.1) is 12.4 Å². The lowest BCUT2D eigenvalue weighted by molar-refractivity contribution is 0.0914. The summed E-state index contributed by atoms with van der Waals surface area (Å²) in [4.78, 5) is 27.0. The second-order valence-corrected chi connectivity index (χ2v) is 7.44. The topological polar surface area (TPSA) is 71.8 Å². The van der Waals surface area contributed by atoms with Crippen molar-refractivity contribution in [3.63, 3.8) is 0 Å². The van der Waals surface area contributed by atoms with Gasteiger partial charge in [-0.25, -0.2) is 0 Å². The molecule has 3 aromatic rings. The molecular weight excluding hydrogens is 427 g/mol. The Kier molecular flexibility index (Phi) is 7.89. The molecule has 1 atom stereocenters. The molecule has 160 valence electrons. The van der Waals surface area contributed by atoms with Crippen molar-refractivity contribution in [1.29, 1.82) is 0 Å². The number of halogens is 2. The summed E-state index contributed by atoms with van der Waals surface area (Å²) in [6.45, 7) is 2.16. The third-order valence-electron chi connectivity index (χ3n) is 4.81. The Bertz CT molecular complexity index is 1090. The van der Waals surface area contributed by atoms with E-state index in [0.717, 1.165) is 16.9 Å². The Morgan fingerprint density at radius 1 is 1.20 bits per heavy atom. The first-order valence-corrected chi connectivity index (χ1v) is 9.50. The minimum absolute atomic E-state index is 0. The smallest absolute Gasteiger partial charge is 0.287 e. The zero-order valence-corrected chi connectivity index (χ0v) is 18.8. The van der Waals surface area contributed by atoms with Crippen molar-refractivity contribution < 1.29 is 13.9 Å². The van der Waals surface area contributed by atoms with Crippen LogP contribution in [0.15, 0.2) is 51.7 Å². The van der Waals surface area contributed by atoms with Crippen molar-refractivity contribution in [3.8, 4) is 5.75 Å². The van der Waals surface area contributed by atoms with Crippen molar-refractivity contribution in [1.82, 2.24) is 10.2 Å². The molecular formula is C22H24Cl2N2O4. The molecule has 3 rings (SSSR count). The predicted molar refractivity (Wildman–Crippen MR) is 121 cm³/mol. The molecule has 2 aromatic carbocycles. The average molecular weight is 451 g/mol. The van der Waals surface area contributed by atoms with Gasteiger partial charge in [-0.2, -0.15) is 0 Å². The van der Waals surface area contributed by atoms with Gasteiger partial charge in [0.05, 0.1) is 18.5 Å². The largest absolute Gasteiger partial charge is 0.497 e. The fourth-order valence-corrected chi connectivity index (χ4v) is 3.25. The number of carbonyl (C=O) groups excluding carboxylic acids is 1. The monoisotopic (exact) mass is 450 g/mol. The van der Waals surface area contributed by atoms with Crippen LogP contribution in [-0.4, -0.2) is 38.6 Å². The third-order valence-corrected chi connectivity index (χ3v) is 5.22. The molecule has 0 aliphatic carbocycles. The summed E-state index contributed by atoms with van der Waals surface area (Å²) >= 11 is 6.08. The SMILES string of the molecule is COc1ccc(C(CNC(=O)c2cc(=O)c3cc(Cl)c(C)cc3o2)N(C)C)cc1.Cl. The van der Waals surface area contributed by atoms with E-state index < -0.39 is 5.91 Å². The van der Waals surface area contributed by atoms with Crippen molar-refractivity contribution in [3.05, 3.63) is 74.6 Å². The van der Waals surface area contributed by atoms with Gasteiger partial charge < -0.3 is 19.4 Å². The second-order valence-electron chi connectivity index (χ2n) is 7.04. The molecule has 1 N–H and O–H groups in total. The lowest BCUT2D eigenvalue weighted by Gasteiger charge is -2.25. The molecule has 0 aliphatic rings. The number of aryl methyl sites for hydroxylation is 1. The zero-order valence-electron chi connectivity index (χ0n) is 17.2. The first kappa shape index (κ1) is 23.7. The van der Waals surface area contributed by atoms with Crippen LogP contribution in [0, 0.1) is 6.92 Å². The van der Waals surface area contributed by atoms with E-state index in [0.29, 0.717) is 22.5 Å². The first-order chi connectivity index (χ1) is 13.8. The molecule has 6 nitrogen and oxygen atoms in total. The number of amides is 1. The summed E-state index contributed by atoms with van der Waals surface area (Å²) < 4.78 is 10.9. The van der Waals surface area contributed by atoms with Gasteiger partial charge >= 0.3 is 0 Å². The number of hydrogen-bond acceptors (Lipinski definition) is 5. The maximum Gasteiger partial charge on any atom is 0.287 e. The summed E-state index contributed by atoms with van der Waals surface area (Å²) in [5, 5.41) is 3.69. The van der Waals surface area contributed by atoms with Gasteiger partial charge in [0.15, 0.2) is 11.2 Å². The van der Waals surface area contributed by atoms with Crippen molar-refractivity contribution in [2.45, 2.75) is 13.0 Å². The van der Waals surface area contributed by atoms with Crippen LogP contribution in [0.25, 0.3) is 11.0 Å². The van der Waals surface area contributed by atoms with E-state index in [1.165, 1.54) is 6.07 Å². The summed E-state index contributed by atoms with van der Waals surface area (Å²) in [5.74, 6) is 0.289. The molecule has 1 heterocycles. The molecule has 0 spiro atoms. The molecule has 8 heteroatoms. The molecule has 0 saturated heterocycles. The fraction of sp³-hybridized carbons (Fsp3) is 0.273. The number of carbonyl (C=O) groups is 1. The highest BCUT2D eigenvalue weighted by atomic mass is 35.5. The highest BCUT2D eigenvalue weighted by molar-refractivity contribution is 6.32. The molecule has 0 fully saturated rings. The van der Waals surface area contributed by atoms with Crippen LogP contribution in [0.4, 0.5) is 0 Å². The zero-order chi connectivity index (χ0) is 21.1. The van der Waals surface area contributed by atoms with E-state index in [1.54, 1.807) is 19.2 Å². The number of ether oxygens (including phenoxy) is 1. The van der Waals surface area contributed by atoms with Crippen LogP contribution in [-0.2, 0) is 0 Å². The van der Waals surface area contributed by atoms with E-state index in [4.69, 9.17) is 20.8 Å². The van der Waals surface area contributed by atoms with Crippen LogP contribution >= 0.6 is 24.0 Å². The first-order valence-electron chi connectivity index (χ1n) is 9.12. The highest BCUT2D eigenvalue weighted by Gasteiger charge is 2.18. The predicted octanol–water partition coefficient (Wildman–Crippen LogP) is 4.22. The fourth-order valence-electron chi connectivity index (χ4n) is 3.09. The van der Waals surface area contributed by atoms with Crippen LogP contribution in [0.3, 0.4) is 0 Å². The minimum Gasteiger partial charge on any atom is -0.497 e. The lowest BCUT2D eigenvalue weighted by Crippen LogP contribution is -2.34. The number of methoxy groups -OCH3 is 1. The Morgan fingerprint density at radius 3 is 2.47 bits per heavy atom. The maximum absolute atomic E-state index is 12.6. The Labute approximate surface area is 186 Å². The maximum atomic E-state index is 12.6. The number of hydrogen-bond donors (Lipinski definition) is 1. The number of likely N-dealkylation sites (N-methyl/N-ethyl adjacent to an activating group) is 1. The van der Waals surface area contributed by atoms with Gasteiger partial charge in [0.25, 0.3) is 5.91 Å². The molecule has 0 aliphatic heterocycles.